The smallest absolute Gasteiger partial charge is 0.354 e. The van der Waals surface area contributed by atoms with Gasteiger partial charge in [0.15, 0.2) is 0 Å². The third-order valence-corrected chi connectivity index (χ3v) is 2.24. The summed E-state index contributed by atoms with van der Waals surface area (Å²) in [7, 11) is 0. The Kier molecular flexibility index (Phi) is 3.12. The number of carboxylic acid groups (broad SMARTS) is 1. The van der Waals surface area contributed by atoms with Gasteiger partial charge in [0.1, 0.15) is 5.69 Å². The second-order valence-corrected chi connectivity index (χ2v) is 3.36. The molecule has 1 N–H and O–H groups in total. The molecule has 0 radical (unpaired) electrons. The molecule has 13 heavy (non-hydrogen) atoms. The summed E-state index contributed by atoms with van der Waals surface area (Å²) in [6.45, 7) is 0. The Morgan fingerprint density at radius 2 is 2.23 bits per heavy atom. The Bertz CT molecular complexity index is 343. The van der Waals surface area contributed by atoms with Crippen molar-refractivity contribution in [3.05, 3.63) is 27.1 Å². The molecule has 1 aromatic heterocycles. The zero-order chi connectivity index (χ0) is 10.0. The van der Waals surface area contributed by atoms with Crippen molar-refractivity contribution in [2.45, 2.75) is 6.43 Å². The number of carboxylic acids is 1. The van der Waals surface area contributed by atoms with Crippen molar-refractivity contribution in [1.82, 2.24) is 4.98 Å². The van der Waals surface area contributed by atoms with E-state index >= 15 is 0 Å². The lowest BCUT2D eigenvalue weighted by Crippen LogP contribution is -2.03. The number of halogens is 3. The second kappa shape index (κ2) is 3.95. The van der Waals surface area contributed by atoms with Gasteiger partial charge in [-0.2, -0.15) is 0 Å². The van der Waals surface area contributed by atoms with Crippen molar-refractivity contribution in [2.75, 3.05) is 0 Å². The van der Waals surface area contributed by atoms with Crippen LogP contribution < -0.4 is 0 Å². The summed E-state index contributed by atoms with van der Waals surface area (Å²) in [5.41, 5.74) is -0.663. The molecule has 1 aromatic rings. The Hall–Kier alpha value is -0.790. The molecule has 0 fully saturated rings. The van der Waals surface area contributed by atoms with Crippen molar-refractivity contribution in [1.29, 1.82) is 0 Å². The lowest BCUT2D eigenvalue weighted by Gasteiger charge is -2.02. The van der Waals surface area contributed by atoms with Crippen LogP contribution in [0, 0.1) is 3.57 Å². The van der Waals surface area contributed by atoms with Crippen molar-refractivity contribution in [3.63, 3.8) is 0 Å². The van der Waals surface area contributed by atoms with Crippen LogP contribution in [-0.4, -0.2) is 16.1 Å². The van der Waals surface area contributed by atoms with Gasteiger partial charge in [0.05, 0.1) is 0 Å². The first-order chi connectivity index (χ1) is 6.02. The van der Waals surface area contributed by atoms with Gasteiger partial charge in [0.2, 0.25) is 0 Å². The average molecular weight is 299 g/mol. The van der Waals surface area contributed by atoms with Gasteiger partial charge in [0.25, 0.3) is 6.43 Å². The molecule has 0 aromatic carbocycles. The van der Waals surface area contributed by atoms with Gasteiger partial charge in [-0.1, -0.05) is 0 Å². The molecule has 0 aliphatic heterocycles. The van der Waals surface area contributed by atoms with E-state index in [2.05, 4.69) is 4.98 Å². The molecule has 0 saturated heterocycles. The Morgan fingerprint density at radius 3 is 2.69 bits per heavy atom. The minimum atomic E-state index is -2.67. The Morgan fingerprint density at radius 1 is 1.62 bits per heavy atom. The van der Waals surface area contributed by atoms with E-state index in [9.17, 15) is 13.6 Å². The van der Waals surface area contributed by atoms with Gasteiger partial charge < -0.3 is 5.11 Å². The predicted molar refractivity (Wildman–Crippen MR) is 48.9 cm³/mol. The van der Waals surface area contributed by atoms with Gasteiger partial charge in [-0.15, -0.1) is 0 Å². The van der Waals surface area contributed by atoms with Crippen LogP contribution in [0.15, 0.2) is 12.3 Å². The Labute approximate surface area is 85.9 Å². The van der Waals surface area contributed by atoms with Crippen LogP contribution in [0.2, 0.25) is 0 Å². The van der Waals surface area contributed by atoms with Gasteiger partial charge in [-0.05, 0) is 28.7 Å². The molecule has 1 heterocycles. The largest absolute Gasteiger partial charge is 0.477 e. The molecule has 6 heteroatoms. The van der Waals surface area contributed by atoms with E-state index < -0.39 is 12.4 Å². The maximum absolute atomic E-state index is 12.2. The summed E-state index contributed by atoms with van der Waals surface area (Å²) in [5.74, 6) is -1.31. The fourth-order valence-electron chi connectivity index (χ4n) is 0.738. The first-order valence-corrected chi connectivity index (χ1v) is 4.27. The summed E-state index contributed by atoms with van der Waals surface area (Å²) in [5, 5.41) is 8.47. The standard InChI is InChI=1S/C7H4F2INO2/c8-6(9)3-1-5(7(12)13)11-2-4(3)10/h1-2,6H,(H,12,13). The molecule has 1 rings (SSSR count). The van der Waals surface area contributed by atoms with E-state index in [0.29, 0.717) is 0 Å². The van der Waals surface area contributed by atoms with E-state index in [0.717, 1.165) is 12.3 Å². The molecular weight excluding hydrogens is 295 g/mol. The average Bonchev–Trinajstić information content (AvgIpc) is 2.04. The maximum Gasteiger partial charge on any atom is 0.354 e. The summed E-state index contributed by atoms with van der Waals surface area (Å²) in [6, 6.07) is 0.884. The van der Waals surface area contributed by atoms with E-state index in [-0.39, 0.29) is 14.8 Å². The van der Waals surface area contributed by atoms with Crippen molar-refractivity contribution >= 4 is 28.6 Å². The fraction of sp³-hybridized carbons (Fsp3) is 0.143. The van der Waals surface area contributed by atoms with Crippen LogP contribution in [0.3, 0.4) is 0 Å². The summed E-state index contributed by atoms with van der Waals surface area (Å²) in [4.78, 5) is 13.9. The lowest BCUT2D eigenvalue weighted by molar-refractivity contribution is 0.0690. The third-order valence-electron chi connectivity index (χ3n) is 1.34. The SMILES string of the molecule is O=C(O)c1cc(C(F)F)c(I)cn1. The van der Waals surface area contributed by atoms with Gasteiger partial charge in [-0.3, -0.25) is 0 Å². The highest BCUT2D eigenvalue weighted by molar-refractivity contribution is 14.1. The highest BCUT2D eigenvalue weighted by Crippen LogP contribution is 2.24. The first-order valence-electron chi connectivity index (χ1n) is 3.19. The quantitative estimate of drug-likeness (QED) is 0.853. The summed E-state index contributed by atoms with van der Waals surface area (Å²) < 4.78 is 24.8. The second-order valence-electron chi connectivity index (χ2n) is 2.20. The molecule has 0 saturated carbocycles. The Balaban J connectivity index is 3.19. The monoisotopic (exact) mass is 299 g/mol. The number of rotatable bonds is 2. The predicted octanol–water partition coefficient (Wildman–Crippen LogP) is 2.32. The van der Waals surface area contributed by atoms with Crippen molar-refractivity contribution in [3.8, 4) is 0 Å². The zero-order valence-corrected chi connectivity index (χ0v) is 8.33. The van der Waals surface area contributed by atoms with Gasteiger partial charge in [0, 0.05) is 15.3 Å². The van der Waals surface area contributed by atoms with Crippen LogP contribution in [0.4, 0.5) is 8.78 Å². The zero-order valence-electron chi connectivity index (χ0n) is 6.17. The van der Waals surface area contributed by atoms with E-state index in [1.807, 2.05) is 0 Å². The molecule has 70 valence electrons. The van der Waals surface area contributed by atoms with E-state index in [4.69, 9.17) is 5.11 Å². The number of hydrogen-bond donors (Lipinski definition) is 1. The number of pyridine rings is 1. The van der Waals surface area contributed by atoms with Crippen LogP contribution in [0.1, 0.15) is 22.5 Å². The molecule has 0 unspecified atom stereocenters. The lowest BCUT2D eigenvalue weighted by atomic mass is 10.2. The molecular formula is C7H4F2INO2. The number of hydrogen-bond acceptors (Lipinski definition) is 2. The van der Waals surface area contributed by atoms with Crippen LogP contribution in [0.25, 0.3) is 0 Å². The maximum atomic E-state index is 12.2. The molecule has 0 aliphatic rings. The van der Waals surface area contributed by atoms with Gasteiger partial charge >= 0.3 is 5.97 Å². The molecule has 0 amide bonds. The normalized spacial score (nSPS) is 10.5. The number of nitrogens with zero attached hydrogens (tertiary/aromatic N) is 1. The molecule has 3 nitrogen and oxygen atoms in total. The highest BCUT2D eigenvalue weighted by atomic mass is 127. The van der Waals surface area contributed by atoms with Gasteiger partial charge in [-0.25, -0.2) is 18.6 Å². The summed E-state index contributed by atoms with van der Waals surface area (Å²) in [6.07, 6.45) is -1.56. The van der Waals surface area contributed by atoms with E-state index in [1.165, 1.54) is 0 Å². The topological polar surface area (TPSA) is 50.2 Å². The fourth-order valence-corrected chi connectivity index (χ4v) is 1.27. The van der Waals surface area contributed by atoms with Crippen LogP contribution in [-0.2, 0) is 0 Å². The molecule has 0 bridgehead atoms. The number of alkyl halides is 2. The highest BCUT2D eigenvalue weighted by Gasteiger charge is 2.15. The number of aromatic carboxylic acids is 1. The molecule has 0 atom stereocenters. The minimum absolute atomic E-state index is 0.262. The van der Waals surface area contributed by atoms with Crippen LogP contribution in [0.5, 0.6) is 0 Å². The number of carbonyl (C=O) groups is 1. The third kappa shape index (κ3) is 2.33. The molecule has 0 spiro atoms. The summed E-state index contributed by atoms with van der Waals surface area (Å²) >= 11 is 1.68. The van der Waals surface area contributed by atoms with Crippen molar-refractivity contribution < 1.29 is 18.7 Å². The first kappa shape index (κ1) is 10.3. The van der Waals surface area contributed by atoms with Crippen LogP contribution >= 0.6 is 22.6 Å². The molecule has 0 aliphatic carbocycles. The van der Waals surface area contributed by atoms with E-state index in [1.54, 1.807) is 22.6 Å². The number of aromatic nitrogens is 1. The minimum Gasteiger partial charge on any atom is -0.477 e. The van der Waals surface area contributed by atoms with Crippen molar-refractivity contribution in [2.24, 2.45) is 0 Å².